The number of aliphatic hydroxyl groups is 1. The first-order chi connectivity index (χ1) is 6.00. The van der Waals surface area contributed by atoms with Crippen LogP contribution in [0.1, 0.15) is 18.6 Å². The summed E-state index contributed by atoms with van der Waals surface area (Å²) < 4.78 is 0. The minimum Gasteiger partial charge on any atom is -0.387 e. The molecular weight excluding hydrogens is 209 g/mol. The fourth-order valence-electron chi connectivity index (χ4n) is 1.05. The summed E-state index contributed by atoms with van der Waals surface area (Å²) in [7, 11) is 0. The number of hydrogen-bond acceptors (Lipinski definition) is 2. The maximum Gasteiger partial charge on any atom is 0.0939 e. The third-order valence-corrected chi connectivity index (χ3v) is 2.16. The van der Waals surface area contributed by atoms with E-state index in [0.29, 0.717) is 15.6 Å². The molecule has 0 aliphatic carbocycles. The molecule has 4 heteroatoms. The molecular formula is C9H11Cl2NO. The van der Waals surface area contributed by atoms with Crippen molar-refractivity contribution in [3.8, 4) is 0 Å². The Bertz CT molecular complexity index is 281. The van der Waals surface area contributed by atoms with Crippen molar-refractivity contribution in [3.05, 3.63) is 33.8 Å². The molecule has 0 saturated carbocycles. The first-order valence-electron chi connectivity index (χ1n) is 3.90. The van der Waals surface area contributed by atoms with Crippen LogP contribution in [0.2, 0.25) is 10.0 Å². The second kappa shape index (κ2) is 4.29. The van der Waals surface area contributed by atoms with E-state index in [-0.39, 0.29) is 6.04 Å². The molecule has 0 spiro atoms. The van der Waals surface area contributed by atoms with Crippen molar-refractivity contribution < 1.29 is 5.11 Å². The Morgan fingerprint density at radius 3 is 2.08 bits per heavy atom. The first-order valence-corrected chi connectivity index (χ1v) is 4.66. The van der Waals surface area contributed by atoms with Gasteiger partial charge in [-0.05, 0) is 30.7 Å². The average molecular weight is 220 g/mol. The quantitative estimate of drug-likeness (QED) is 0.803. The fraction of sp³-hybridized carbons (Fsp3) is 0.333. The van der Waals surface area contributed by atoms with Gasteiger partial charge in [-0.1, -0.05) is 23.2 Å². The van der Waals surface area contributed by atoms with Gasteiger partial charge in [-0.15, -0.1) is 0 Å². The maximum absolute atomic E-state index is 9.60. The van der Waals surface area contributed by atoms with Crippen molar-refractivity contribution in [2.75, 3.05) is 0 Å². The van der Waals surface area contributed by atoms with E-state index in [0.717, 1.165) is 0 Å². The van der Waals surface area contributed by atoms with Crippen LogP contribution in [0.25, 0.3) is 0 Å². The van der Waals surface area contributed by atoms with Crippen LogP contribution < -0.4 is 5.73 Å². The molecule has 0 saturated heterocycles. The van der Waals surface area contributed by atoms with Crippen LogP contribution in [0.3, 0.4) is 0 Å². The number of halogens is 2. The Hall–Kier alpha value is -0.280. The minimum absolute atomic E-state index is 0.338. The first kappa shape index (κ1) is 10.8. The van der Waals surface area contributed by atoms with Gasteiger partial charge < -0.3 is 10.8 Å². The van der Waals surface area contributed by atoms with E-state index in [1.54, 1.807) is 25.1 Å². The summed E-state index contributed by atoms with van der Waals surface area (Å²) >= 11 is 11.5. The molecule has 0 radical (unpaired) electrons. The lowest BCUT2D eigenvalue weighted by Gasteiger charge is -2.15. The Morgan fingerprint density at radius 2 is 1.69 bits per heavy atom. The zero-order valence-electron chi connectivity index (χ0n) is 7.17. The molecule has 0 aromatic heterocycles. The molecule has 3 N–H and O–H groups in total. The fourth-order valence-corrected chi connectivity index (χ4v) is 1.59. The highest BCUT2D eigenvalue weighted by molar-refractivity contribution is 6.34. The van der Waals surface area contributed by atoms with Crippen LogP contribution in [-0.2, 0) is 0 Å². The van der Waals surface area contributed by atoms with Gasteiger partial charge in [0.25, 0.3) is 0 Å². The number of nitrogens with two attached hydrogens (primary N) is 1. The van der Waals surface area contributed by atoms with Gasteiger partial charge in [-0.25, -0.2) is 0 Å². The Labute approximate surface area is 87.3 Å². The zero-order valence-corrected chi connectivity index (χ0v) is 8.68. The average Bonchev–Trinajstić information content (AvgIpc) is 2.01. The number of hydrogen-bond donors (Lipinski definition) is 2. The molecule has 0 aliphatic heterocycles. The van der Waals surface area contributed by atoms with Gasteiger partial charge in [-0.3, -0.25) is 0 Å². The zero-order chi connectivity index (χ0) is 10.0. The lowest BCUT2D eigenvalue weighted by molar-refractivity contribution is 0.153. The van der Waals surface area contributed by atoms with E-state index in [1.165, 1.54) is 0 Å². The van der Waals surface area contributed by atoms with Gasteiger partial charge in [0, 0.05) is 16.1 Å². The summed E-state index contributed by atoms with van der Waals surface area (Å²) in [6, 6.07) is 4.58. The number of rotatable bonds is 2. The number of benzene rings is 1. The lowest BCUT2D eigenvalue weighted by atomic mass is 10.0. The highest BCUT2D eigenvalue weighted by Gasteiger charge is 2.13. The summed E-state index contributed by atoms with van der Waals surface area (Å²) in [4.78, 5) is 0. The van der Waals surface area contributed by atoms with E-state index in [4.69, 9.17) is 28.9 Å². The third kappa shape index (κ3) is 2.85. The molecule has 2 nitrogen and oxygen atoms in total. The molecule has 0 bridgehead atoms. The molecule has 13 heavy (non-hydrogen) atoms. The standard InChI is InChI=1S/C9H11Cl2NO/c1-5(12)9(13)6-2-7(10)4-8(11)3-6/h2-5,9,13H,12H2,1H3/t5-,9+/m0/s1. The molecule has 1 rings (SSSR count). The van der Waals surface area contributed by atoms with Crippen molar-refractivity contribution in [2.24, 2.45) is 5.73 Å². The van der Waals surface area contributed by atoms with E-state index in [2.05, 4.69) is 0 Å². The van der Waals surface area contributed by atoms with Crippen molar-refractivity contribution in [2.45, 2.75) is 19.1 Å². The van der Waals surface area contributed by atoms with Crippen LogP contribution in [0.15, 0.2) is 18.2 Å². The highest BCUT2D eigenvalue weighted by atomic mass is 35.5. The molecule has 0 heterocycles. The second-order valence-corrected chi connectivity index (χ2v) is 3.88. The molecule has 0 fully saturated rings. The van der Waals surface area contributed by atoms with Gasteiger partial charge in [-0.2, -0.15) is 0 Å². The monoisotopic (exact) mass is 219 g/mol. The van der Waals surface area contributed by atoms with E-state index in [1.807, 2.05) is 0 Å². The van der Waals surface area contributed by atoms with E-state index < -0.39 is 6.10 Å². The Balaban J connectivity index is 3.01. The molecule has 0 amide bonds. The second-order valence-electron chi connectivity index (χ2n) is 3.01. The van der Waals surface area contributed by atoms with Crippen LogP contribution in [0, 0.1) is 0 Å². The molecule has 2 atom stereocenters. The molecule has 1 aromatic carbocycles. The van der Waals surface area contributed by atoms with Gasteiger partial charge >= 0.3 is 0 Å². The van der Waals surface area contributed by atoms with Gasteiger partial charge in [0.15, 0.2) is 0 Å². The largest absolute Gasteiger partial charge is 0.387 e. The predicted molar refractivity (Wildman–Crippen MR) is 55.1 cm³/mol. The normalized spacial score (nSPS) is 15.5. The van der Waals surface area contributed by atoms with Crippen LogP contribution in [-0.4, -0.2) is 11.1 Å². The van der Waals surface area contributed by atoms with Crippen LogP contribution in [0.4, 0.5) is 0 Å². The van der Waals surface area contributed by atoms with E-state index >= 15 is 0 Å². The summed E-state index contributed by atoms with van der Waals surface area (Å²) in [5.41, 5.74) is 6.18. The molecule has 1 aromatic rings. The predicted octanol–water partition coefficient (Wildman–Crippen LogP) is 2.37. The SMILES string of the molecule is C[C@H](N)[C@@H](O)c1cc(Cl)cc(Cl)c1. The van der Waals surface area contributed by atoms with Crippen LogP contribution >= 0.6 is 23.2 Å². The maximum atomic E-state index is 9.60. The minimum atomic E-state index is -0.726. The summed E-state index contributed by atoms with van der Waals surface area (Å²) in [5, 5.41) is 10.6. The van der Waals surface area contributed by atoms with Gasteiger partial charge in [0.05, 0.1) is 6.10 Å². The Kier molecular flexibility index (Phi) is 3.56. The summed E-state index contributed by atoms with van der Waals surface area (Å²) in [6.07, 6.45) is -0.726. The molecule has 0 unspecified atom stereocenters. The number of aliphatic hydroxyl groups excluding tert-OH is 1. The topological polar surface area (TPSA) is 46.2 Å². The van der Waals surface area contributed by atoms with Gasteiger partial charge in [0.2, 0.25) is 0 Å². The Morgan fingerprint density at radius 1 is 1.23 bits per heavy atom. The van der Waals surface area contributed by atoms with Crippen molar-refractivity contribution in [3.63, 3.8) is 0 Å². The molecule has 0 aliphatic rings. The van der Waals surface area contributed by atoms with Crippen LogP contribution in [0.5, 0.6) is 0 Å². The van der Waals surface area contributed by atoms with Gasteiger partial charge in [0.1, 0.15) is 0 Å². The van der Waals surface area contributed by atoms with E-state index in [9.17, 15) is 5.11 Å². The lowest BCUT2D eigenvalue weighted by Crippen LogP contribution is -2.24. The van der Waals surface area contributed by atoms with Crippen molar-refractivity contribution >= 4 is 23.2 Å². The summed E-state index contributed by atoms with van der Waals surface area (Å²) in [5.74, 6) is 0. The smallest absolute Gasteiger partial charge is 0.0939 e. The van der Waals surface area contributed by atoms with Crippen molar-refractivity contribution in [1.82, 2.24) is 0 Å². The third-order valence-electron chi connectivity index (χ3n) is 1.72. The summed E-state index contributed by atoms with van der Waals surface area (Å²) in [6.45, 7) is 1.72. The molecule has 72 valence electrons. The van der Waals surface area contributed by atoms with Crippen molar-refractivity contribution in [1.29, 1.82) is 0 Å². The highest BCUT2D eigenvalue weighted by Crippen LogP contribution is 2.24.